The van der Waals surface area contributed by atoms with E-state index in [1.165, 1.54) is 0 Å². The summed E-state index contributed by atoms with van der Waals surface area (Å²) >= 11 is 0. The molecule has 2 aromatic heterocycles. The Hall–Kier alpha value is -1.55. The maximum absolute atomic E-state index is 9.72. The topological polar surface area (TPSA) is 40.8 Å². The lowest BCUT2D eigenvalue weighted by Crippen LogP contribution is -2.16. The highest BCUT2D eigenvalue weighted by molar-refractivity contribution is 5.48. The smallest absolute Gasteiger partial charge is 0.197 e. The molecule has 2 aromatic rings. The average molecular weight is 205 g/mol. The van der Waals surface area contributed by atoms with Crippen LogP contribution in [0.15, 0.2) is 24.4 Å². The first-order valence-electron chi connectivity index (χ1n) is 4.97. The minimum atomic E-state index is 0.249. The second-order valence-electron chi connectivity index (χ2n) is 3.87. The number of nitrogens with zero attached hydrogens (tertiary/aromatic N) is 3. The molecule has 0 amide bonds. The molecular weight excluding hydrogens is 190 g/mol. The Labute approximate surface area is 88.8 Å². The van der Waals surface area contributed by atoms with Crippen LogP contribution in [0.1, 0.15) is 5.82 Å². The maximum atomic E-state index is 9.72. The van der Waals surface area contributed by atoms with Gasteiger partial charge in [-0.2, -0.15) is 0 Å². The molecule has 0 radical (unpaired) electrons. The first-order chi connectivity index (χ1) is 7.18. The lowest BCUT2D eigenvalue weighted by molar-refractivity contribution is 0.403. The van der Waals surface area contributed by atoms with Gasteiger partial charge in [-0.15, -0.1) is 0 Å². The normalized spacial score (nSPS) is 11.4. The maximum Gasteiger partial charge on any atom is 0.197 e. The summed E-state index contributed by atoms with van der Waals surface area (Å²) < 4.78 is 1.78. The molecule has 0 spiro atoms. The van der Waals surface area contributed by atoms with Crippen molar-refractivity contribution < 1.29 is 5.11 Å². The van der Waals surface area contributed by atoms with E-state index in [2.05, 4.69) is 9.88 Å². The van der Waals surface area contributed by atoms with Crippen molar-refractivity contribution in [1.29, 1.82) is 0 Å². The van der Waals surface area contributed by atoms with Gasteiger partial charge in [0.25, 0.3) is 0 Å². The standard InChI is InChI=1S/C11H15N3O/c1-13(2)7-6-10-12-8-9-4-3-5-11(15)14(9)10/h3-5,8,15H,6-7H2,1-2H3. The number of fused-ring (bicyclic) bond motifs is 1. The van der Waals surface area contributed by atoms with Crippen LogP contribution >= 0.6 is 0 Å². The molecule has 4 nitrogen and oxygen atoms in total. The molecule has 2 rings (SSSR count). The number of aromatic hydroxyl groups is 1. The van der Waals surface area contributed by atoms with Crippen molar-refractivity contribution >= 4 is 5.52 Å². The van der Waals surface area contributed by atoms with E-state index in [9.17, 15) is 5.11 Å². The molecule has 0 atom stereocenters. The van der Waals surface area contributed by atoms with Gasteiger partial charge in [0.1, 0.15) is 5.82 Å². The SMILES string of the molecule is CN(C)CCc1ncc2cccc(O)n12. The molecule has 4 heteroatoms. The van der Waals surface area contributed by atoms with Crippen LogP contribution in [0.3, 0.4) is 0 Å². The van der Waals surface area contributed by atoms with Gasteiger partial charge >= 0.3 is 0 Å². The van der Waals surface area contributed by atoms with E-state index in [0.29, 0.717) is 0 Å². The molecule has 0 unspecified atom stereocenters. The van der Waals surface area contributed by atoms with Crippen molar-refractivity contribution in [2.75, 3.05) is 20.6 Å². The summed E-state index contributed by atoms with van der Waals surface area (Å²) in [5, 5.41) is 9.72. The van der Waals surface area contributed by atoms with Gasteiger partial charge in [-0.25, -0.2) is 4.98 Å². The van der Waals surface area contributed by atoms with E-state index in [-0.39, 0.29) is 5.88 Å². The molecule has 0 fully saturated rings. The number of pyridine rings is 1. The van der Waals surface area contributed by atoms with Crippen LogP contribution in [0.5, 0.6) is 5.88 Å². The lowest BCUT2D eigenvalue weighted by atomic mass is 10.3. The molecule has 0 aliphatic heterocycles. The Morgan fingerprint density at radius 1 is 1.40 bits per heavy atom. The minimum absolute atomic E-state index is 0.249. The van der Waals surface area contributed by atoms with Crippen LogP contribution in [0, 0.1) is 0 Å². The van der Waals surface area contributed by atoms with E-state index in [0.717, 1.165) is 24.3 Å². The summed E-state index contributed by atoms with van der Waals surface area (Å²) in [6.45, 7) is 0.924. The third kappa shape index (κ3) is 1.94. The zero-order valence-corrected chi connectivity index (χ0v) is 9.01. The Balaban J connectivity index is 2.35. The molecule has 2 heterocycles. The van der Waals surface area contributed by atoms with Crippen molar-refractivity contribution in [1.82, 2.24) is 14.3 Å². The van der Waals surface area contributed by atoms with E-state index in [1.54, 1.807) is 16.7 Å². The molecule has 80 valence electrons. The van der Waals surface area contributed by atoms with Gasteiger partial charge in [0, 0.05) is 13.0 Å². The van der Waals surface area contributed by atoms with Gasteiger partial charge in [0.2, 0.25) is 0 Å². The zero-order valence-electron chi connectivity index (χ0n) is 9.01. The predicted octanol–water partition coefficient (Wildman–Crippen LogP) is 1.14. The largest absolute Gasteiger partial charge is 0.494 e. The summed E-state index contributed by atoms with van der Waals surface area (Å²) in [6.07, 6.45) is 2.61. The number of hydrogen-bond donors (Lipinski definition) is 1. The molecule has 0 aliphatic carbocycles. The van der Waals surface area contributed by atoms with Gasteiger partial charge in [0.15, 0.2) is 5.88 Å². The number of likely N-dealkylation sites (N-methyl/N-ethyl adjacent to an activating group) is 1. The van der Waals surface area contributed by atoms with Crippen molar-refractivity contribution in [3.05, 3.63) is 30.2 Å². The quantitative estimate of drug-likeness (QED) is 0.817. The predicted molar refractivity (Wildman–Crippen MR) is 59.1 cm³/mol. The van der Waals surface area contributed by atoms with Crippen molar-refractivity contribution in [3.8, 4) is 5.88 Å². The monoisotopic (exact) mass is 205 g/mol. The number of aromatic nitrogens is 2. The van der Waals surface area contributed by atoms with Crippen LogP contribution in [0.2, 0.25) is 0 Å². The summed E-state index contributed by atoms with van der Waals surface area (Å²) in [7, 11) is 4.05. The van der Waals surface area contributed by atoms with Crippen LogP contribution in [-0.2, 0) is 6.42 Å². The van der Waals surface area contributed by atoms with E-state index in [1.807, 2.05) is 26.2 Å². The summed E-state index contributed by atoms with van der Waals surface area (Å²) in [4.78, 5) is 6.40. The summed E-state index contributed by atoms with van der Waals surface area (Å²) in [6, 6.07) is 5.43. The van der Waals surface area contributed by atoms with Crippen LogP contribution in [0.25, 0.3) is 5.52 Å². The van der Waals surface area contributed by atoms with Gasteiger partial charge in [-0.3, -0.25) is 4.40 Å². The highest BCUT2D eigenvalue weighted by Gasteiger charge is 2.06. The molecular formula is C11H15N3O. The first-order valence-corrected chi connectivity index (χ1v) is 4.97. The van der Waals surface area contributed by atoms with Gasteiger partial charge in [0.05, 0.1) is 11.7 Å². The Kier molecular flexibility index (Phi) is 2.60. The summed E-state index contributed by atoms with van der Waals surface area (Å²) in [5.74, 6) is 1.15. The number of hydrogen-bond acceptors (Lipinski definition) is 3. The fraction of sp³-hybridized carbons (Fsp3) is 0.364. The number of rotatable bonds is 3. The minimum Gasteiger partial charge on any atom is -0.494 e. The summed E-state index contributed by atoms with van der Waals surface area (Å²) in [5.41, 5.74) is 0.934. The van der Waals surface area contributed by atoms with Crippen LogP contribution in [-0.4, -0.2) is 40.0 Å². The van der Waals surface area contributed by atoms with E-state index >= 15 is 0 Å². The van der Waals surface area contributed by atoms with Crippen molar-refractivity contribution in [2.45, 2.75) is 6.42 Å². The van der Waals surface area contributed by atoms with Gasteiger partial charge in [-0.1, -0.05) is 6.07 Å². The van der Waals surface area contributed by atoms with Gasteiger partial charge < -0.3 is 10.0 Å². The molecule has 0 aliphatic rings. The molecule has 0 saturated heterocycles. The Morgan fingerprint density at radius 2 is 2.20 bits per heavy atom. The van der Waals surface area contributed by atoms with Crippen molar-refractivity contribution in [2.24, 2.45) is 0 Å². The average Bonchev–Trinajstić information content (AvgIpc) is 2.59. The van der Waals surface area contributed by atoms with Gasteiger partial charge in [-0.05, 0) is 26.2 Å². The molecule has 15 heavy (non-hydrogen) atoms. The second kappa shape index (κ2) is 3.90. The van der Waals surface area contributed by atoms with Crippen LogP contribution in [0.4, 0.5) is 0 Å². The van der Waals surface area contributed by atoms with E-state index in [4.69, 9.17) is 0 Å². The fourth-order valence-electron chi connectivity index (χ4n) is 1.59. The third-order valence-corrected chi connectivity index (χ3v) is 2.39. The molecule has 0 saturated carbocycles. The van der Waals surface area contributed by atoms with E-state index < -0.39 is 0 Å². The van der Waals surface area contributed by atoms with Crippen molar-refractivity contribution in [3.63, 3.8) is 0 Å². The highest BCUT2D eigenvalue weighted by atomic mass is 16.3. The fourth-order valence-corrected chi connectivity index (χ4v) is 1.59. The molecule has 1 N–H and O–H groups in total. The van der Waals surface area contributed by atoms with Crippen LogP contribution < -0.4 is 0 Å². The Bertz CT molecular complexity index is 462. The first kappa shape index (κ1) is 9.98. The number of imidazole rings is 1. The lowest BCUT2D eigenvalue weighted by Gasteiger charge is -2.08. The Morgan fingerprint density at radius 3 is 2.93 bits per heavy atom. The second-order valence-corrected chi connectivity index (χ2v) is 3.87. The molecule has 0 aromatic carbocycles. The highest BCUT2D eigenvalue weighted by Crippen LogP contribution is 2.15. The zero-order chi connectivity index (χ0) is 10.8. The molecule has 0 bridgehead atoms. The third-order valence-electron chi connectivity index (χ3n) is 2.39.